The van der Waals surface area contributed by atoms with Crippen molar-refractivity contribution in [2.45, 2.75) is 40.5 Å². The second kappa shape index (κ2) is 8.03. The van der Waals surface area contributed by atoms with Crippen molar-refractivity contribution in [2.75, 3.05) is 26.2 Å². The lowest BCUT2D eigenvalue weighted by atomic mass is 9.96. The highest BCUT2D eigenvalue weighted by Crippen LogP contribution is 2.32. The van der Waals surface area contributed by atoms with Gasteiger partial charge in [-0.2, -0.15) is 0 Å². The van der Waals surface area contributed by atoms with Crippen LogP contribution in [-0.2, 0) is 0 Å². The molecule has 0 heterocycles. The van der Waals surface area contributed by atoms with E-state index >= 15 is 0 Å². The van der Waals surface area contributed by atoms with Gasteiger partial charge in [0.1, 0.15) is 17.9 Å². The van der Waals surface area contributed by atoms with E-state index in [1.54, 1.807) is 0 Å². The number of carboxylic acids is 1. The molecule has 0 aliphatic heterocycles. The van der Waals surface area contributed by atoms with E-state index in [2.05, 4.69) is 18.7 Å². The highest BCUT2D eigenvalue weighted by molar-refractivity contribution is 5.93. The first-order valence-electron chi connectivity index (χ1n) is 7.64. The molecule has 1 aromatic rings. The molecule has 4 nitrogen and oxygen atoms in total. The Kier molecular flexibility index (Phi) is 6.69. The number of likely N-dealkylation sites (N-methyl/N-ethyl adjacent to an activating group) is 1. The average molecular weight is 293 g/mol. The molecule has 1 rings (SSSR count). The van der Waals surface area contributed by atoms with Crippen LogP contribution in [0.4, 0.5) is 0 Å². The van der Waals surface area contributed by atoms with Crippen molar-refractivity contribution < 1.29 is 14.6 Å². The second-order valence-electron chi connectivity index (χ2n) is 5.51. The molecule has 1 N–H and O–H groups in total. The molecule has 0 aromatic heterocycles. The fraction of sp³-hybridized carbons (Fsp3) is 0.588. The lowest BCUT2D eigenvalue weighted by Crippen LogP contribution is -2.28. The minimum atomic E-state index is -0.923. The van der Waals surface area contributed by atoms with Crippen molar-refractivity contribution in [3.8, 4) is 5.75 Å². The van der Waals surface area contributed by atoms with Crippen LogP contribution in [0.1, 0.15) is 55.1 Å². The van der Waals surface area contributed by atoms with Gasteiger partial charge < -0.3 is 14.7 Å². The van der Waals surface area contributed by atoms with Gasteiger partial charge in [0.05, 0.1) is 0 Å². The zero-order valence-electron chi connectivity index (χ0n) is 13.8. The van der Waals surface area contributed by atoms with Gasteiger partial charge in [0.2, 0.25) is 0 Å². The first kappa shape index (κ1) is 17.5. The number of aromatic carboxylic acids is 1. The SMILES string of the molecule is CCN(CC)CCOc1c(C(C)C)ccc(C)c1C(=O)O. The molecular weight excluding hydrogens is 266 g/mol. The molecule has 4 heteroatoms. The van der Waals surface area contributed by atoms with Gasteiger partial charge in [-0.3, -0.25) is 0 Å². The van der Waals surface area contributed by atoms with Crippen molar-refractivity contribution in [2.24, 2.45) is 0 Å². The van der Waals surface area contributed by atoms with Crippen LogP contribution < -0.4 is 4.74 Å². The molecule has 21 heavy (non-hydrogen) atoms. The van der Waals surface area contributed by atoms with Crippen LogP contribution >= 0.6 is 0 Å². The van der Waals surface area contributed by atoms with E-state index in [4.69, 9.17) is 4.74 Å². The van der Waals surface area contributed by atoms with E-state index in [0.29, 0.717) is 17.9 Å². The van der Waals surface area contributed by atoms with Crippen molar-refractivity contribution >= 4 is 5.97 Å². The molecule has 0 unspecified atom stereocenters. The molecule has 0 spiro atoms. The summed E-state index contributed by atoms with van der Waals surface area (Å²) in [4.78, 5) is 13.8. The monoisotopic (exact) mass is 293 g/mol. The predicted octanol–water partition coefficient (Wildman–Crippen LogP) is 3.54. The minimum Gasteiger partial charge on any atom is -0.491 e. The van der Waals surface area contributed by atoms with Gasteiger partial charge in [0.25, 0.3) is 0 Å². The molecule has 0 saturated carbocycles. The Hall–Kier alpha value is -1.55. The van der Waals surface area contributed by atoms with Crippen molar-refractivity contribution in [1.82, 2.24) is 4.90 Å². The number of nitrogens with zero attached hydrogens (tertiary/aromatic N) is 1. The van der Waals surface area contributed by atoms with Crippen LogP contribution in [0.15, 0.2) is 12.1 Å². The van der Waals surface area contributed by atoms with Gasteiger partial charge >= 0.3 is 5.97 Å². The molecule has 0 aliphatic rings. The Morgan fingerprint density at radius 3 is 2.38 bits per heavy atom. The van der Waals surface area contributed by atoms with Crippen molar-refractivity contribution in [3.05, 3.63) is 28.8 Å². The van der Waals surface area contributed by atoms with E-state index in [1.807, 2.05) is 32.9 Å². The maximum atomic E-state index is 11.5. The van der Waals surface area contributed by atoms with Crippen LogP contribution in [-0.4, -0.2) is 42.2 Å². The number of benzene rings is 1. The van der Waals surface area contributed by atoms with Gasteiger partial charge in [-0.05, 0) is 37.1 Å². The van der Waals surface area contributed by atoms with E-state index in [9.17, 15) is 9.90 Å². The number of rotatable bonds is 8. The highest BCUT2D eigenvalue weighted by Gasteiger charge is 2.20. The lowest BCUT2D eigenvalue weighted by Gasteiger charge is -2.21. The summed E-state index contributed by atoms with van der Waals surface area (Å²) in [5.74, 6) is -0.162. The largest absolute Gasteiger partial charge is 0.491 e. The minimum absolute atomic E-state index is 0.229. The highest BCUT2D eigenvalue weighted by atomic mass is 16.5. The van der Waals surface area contributed by atoms with Gasteiger partial charge in [0.15, 0.2) is 0 Å². The average Bonchev–Trinajstić information content (AvgIpc) is 2.42. The second-order valence-corrected chi connectivity index (χ2v) is 5.51. The van der Waals surface area contributed by atoms with Crippen molar-refractivity contribution in [1.29, 1.82) is 0 Å². The number of aryl methyl sites for hydroxylation is 1. The quantitative estimate of drug-likeness (QED) is 0.796. The summed E-state index contributed by atoms with van der Waals surface area (Å²) >= 11 is 0. The lowest BCUT2D eigenvalue weighted by molar-refractivity contribution is 0.0690. The molecular formula is C17H27NO3. The maximum Gasteiger partial charge on any atom is 0.339 e. The smallest absolute Gasteiger partial charge is 0.339 e. The van der Waals surface area contributed by atoms with Crippen LogP contribution in [0.25, 0.3) is 0 Å². The first-order chi connectivity index (χ1) is 9.92. The van der Waals surface area contributed by atoms with Crippen LogP contribution in [0.5, 0.6) is 5.75 Å². The fourth-order valence-electron chi connectivity index (χ4n) is 2.39. The van der Waals surface area contributed by atoms with E-state index in [-0.39, 0.29) is 5.92 Å². The van der Waals surface area contributed by atoms with Gasteiger partial charge in [-0.25, -0.2) is 4.79 Å². The Morgan fingerprint density at radius 2 is 1.90 bits per heavy atom. The molecule has 0 aliphatic carbocycles. The Morgan fingerprint density at radius 1 is 1.29 bits per heavy atom. The van der Waals surface area contributed by atoms with Gasteiger partial charge in [-0.1, -0.05) is 39.8 Å². The zero-order valence-corrected chi connectivity index (χ0v) is 13.8. The molecule has 0 amide bonds. The van der Waals surface area contributed by atoms with E-state index in [1.165, 1.54) is 0 Å². The summed E-state index contributed by atoms with van der Waals surface area (Å²) in [5.41, 5.74) is 1.99. The topological polar surface area (TPSA) is 49.8 Å². The number of carbonyl (C=O) groups is 1. The number of ether oxygens (including phenoxy) is 1. The molecule has 0 atom stereocenters. The summed E-state index contributed by atoms with van der Waals surface area (Å²) in [6.45, 7) is 13.4. The van der Waals surface area contributed by atoms with Gasteiger partial charge in [-0.15, -0.1) is 0 Å². The molecule has 118 valence electrons. The summed E-state index contributed by atoms with van der Waals surface area (Å²) < 4.78 is 5.88. The number of carboxylic acid groups (broad SMARTS) is 1. The molecule has 0 radical (unpaired) electrons. The maximum absolute atomic E-state index is 11.5. The van der Waals surface area contributed by atoms with Gasteiger partial charge in [0, 0.05) is 6.54 Å². The summed E-state index contributed by atoms with van der Waals surface area (Å²) in [7, 11) is 0. The summed E-state index contributed by atoms with van der Waals surface area (Å²) in [5, 5.41) is 9.46. The van der Waals surface area contributed by atoms with E-state index < -0.39 is 5.97 Å². The normalized spacial score (nSPS) is 11.2. The predicted molar refractivity (Wildman–Crippen MR) is 85.5 cm³/mol. The Balaban J connectivity index is 3.02. The third-order valence-electron chi connectivity index (χ3n) is 3.78. The third-order valence-corrected chi connectivity index (χ3v) is 3.78. The summed E-state index contributed by atoms with van der Waals surface area (Å²) in [6.07, 6.45) is 0. The summed E-state index contributed by atoms with van der Waals surface area (Å²) in [6, 6.07) is 3.83. The van der Waals surface area contributed by atoms with Crippen LogP contribution in [0, 0.1) is 6.92 Å². The Labute approximate surface area is 127 Å². The molecule has 0 fully saturated rings. The van der Waals surface area contributed by atoms with Crippen molar-refractivity contribution in [3.63, 3.8) is 0 Å². The standard InChI is InChI=1S/C17H27NO3/c1-6-18(7-2)10-11-21-16-14(12(3)4)9-8-13(5)15(16)17(19)20/h8-9,12H,6-7,10-11H2,1-5H3,(H,19,20). The van der Waals surface area contributed by atoms with Crippen LogP contribution in [0.3, 0.4) is 0 Å². The zero-order chi connectivity index (χ0) is 16.0. The number of hydrogen-bond donors (Lipinski definition) is 1. The van der Waals surface area contributed by atoms with E-state index in [0.717, 1.165) is 30.8 Å². The first-order valence-corrected chi connectivity index (χ1v) is 7.64. The Bertz CT molecular complexity index is 479. The molecule has 0 saturated heterocycles. The third kappa shape index (κ3) is 4.46. The molecule has 0 bridgehead atoms. The number of hydrogen-bond acceptors (Lipinski definition) is 3. The molecule has 1 aromatic carbocycles. The fourth-order valence-corrected chi connectivity index (χ4v) is 2.39. The van der Waals surface area contributed by atoms with Crippen LogP contribution in [0.2, 0.25) is 0 Å².